The topological polar surface area (TPSA) is 55.8 Å². The van der Waals surface area contributed by atoms with E-state index in [9.17, 15) is 17.2 Å². The van der Waals surface area contributed by atoms with E-state index in [0.29, 0.717) is 17.9 Å². The van der Waals surface area contributed by atoms with E-state index in [1.807, 2.05) is 12.1 Å². The summed E-state index contributed by atoms with van der Waals surface area (Å²) in [6.07, 6.45) is 0.564. The second-order valence-corrected chi connectivity index (χ2v) is 7.89. The fourth-order valence-electron chi connectivity index (χ4n) is 3.24. The lowest BCUT2D eigenvalue weighted by atomic mass is 9.98. The molecule has 0 saturated carbocycles. The van der Waals surface area contributed by atoms with Gasteiger partial charge in [0.05, 0.1) is 0 Å². The number of rotatable bonds is 3. The van der Waals surface area contributed by atoms with Gasteiger partial charge in [0.25, 0.3) is 0 Å². The summed E-state index contributed by atoms with van der Waals surface area (Å²) >= 11 is 0. The summed E-state index contributed by atoms with van der Waals surface area (Å²) in [6.45, 7) is 0.529. The molecule has 0 aliphatic carbocycles. The minimum atomic E-state index is -4.23. The lowest BCUT2D eigenvalue weighted by Crippen LogP contribution is -2.30. The van der Waals surface area contributed by atoms with Crippen molar-refractivity contribution in [3.8, 4) is 11.5 Å². The Labute approximate surface area is 143 Å². The van der Waals surface area contributed by atoms with Crippen LogP contribution in [-0.4, -0.2) is 32.6 Å². The van der Waals surface area contributed by atoms with Crippen LogP contribution in [0.4, 0.5) is 8.78 Å². The smallest absolute Gasteiger partial charge is 0.248 e. The van der Waals surface area contributed by atoms with Gasteiger partial charge in [-0.3, -0.25) is 0 Å². The van der Waals surface area contributed by atoms with Crippen molar-refractivity contribution < 1.29 is 26.7 Å². The lowest BCUT2D eigenvalue weighted by Gasteiger charge is -2.17. The Morgan fingerprint density at radius 1 is 1.04 bits per heavy atom. The average Bonchev–Trinajstić information content (AvgIpc) is 3.23. The van der Waals surface area contributed by atoms with Crippen molar-refractivity contribution in [2.75, 3.05) is 19.9 Å². The molecule has 2 aromatic carbocycles. The minimum Gasteiger partial charge on any atom is -0.454 e. The van der Waals surface area contributed by atoms with Crippen LogP contribution in [0.25, 0.3) is 0 Å². The van der Waals surface area contributed by atoms with Crippen molar-refractivity contribution in [2.24, 2.45) is 0 Å². The minimum absolute atomic E-state index is 0.0703. The molecule has 4 rings (SSSR count). The van der Waals surface area contributed by atoms with E-state index in [2.05, 4.69) is 0 Å². The molecule has 2 aliphatic heterocycles. The van der Waals surface area contributed by atoms with E-state index in [-0.39, 0.29) is 25.8 Å². The zero-order chi connectivity index (χ0) is 17.6. The van der Waals surface area contributed by atoms with Crippen molar-refractivity contribution >= 4 is 10.0 Å². The molecule has 1 fully saturated rings. The van der Waals surface area contributed by atoms with E-state index in [0.717, 1.165) is 28.1 Å². The van der Waals surface area contributed by atoms with Crippen molar-refractivity contribution in [1.29, 1.82) is 0 Å². The van der Waals surface area contributed by atoms with E-state index < -0.39 is 26.6 Å². The molecule has 1 atom stereocenters. The first-order chi connectivity index (χ1) is 12.0. The summed E-state index contributed by atoms with van der Waals surface area (Å²) < 4.78 is 64.8. The fourth-order valence-corrected chi connectivity index (χ4v) is 4.85. The number of sulfonamides is 1. The van der Waals surface area contributed by atoms with Gasteiger partial charge in [0.2, 0.25) is 16.8 Å². The van der Waals surface area contributed by atoms with Crippen molar-refractivity contribution in [3.63, 3.8) is 0 Å². The van der Waals surface area contributed by atoms with Gasteiger partial charge in [-0.05, 0) is 42.2 Å². The molecular formula is C17H15F2NO4S. The number of fused-ring (bicyclic) bond motifs is 1. The van der Waals surface area contributed by atoms with Gasteiger partial charge < -0.3 is 9.47 Å². The Hall–Kier alpha value is -2.19. The maximum Gasteiger partial charge on any atom is 0.248 e. The molecule has 0 radical (unpaired) electrons. The van der Waals surface area contributed by atoms with Crippen LogP contribution in [0.2, 0.25) is 0 Å². The van der Waals surface area contributed by atoms with Gasteiger partial charge in [-0.1, -0.05) is 12.1 Å². The standard InChI is InChI=1S/C17H15F2NO4S/c18-13-2-1-3-14(19)17(13)25(21,22)20-7-6-12(9-20)11-4-5-15-16(8-11)24-10-23-15/h1-5,8,12H,6-7,9-10H2/t12-/m1/s1. The first kappa shape index (κ1) is 16.3. The number of benzene rings is 2. The summed E-state index contributed by atoms with van der Waals surface area (Å²) in [4.78, 5) is -0.888. The summed E-state index contributed by atoms with van der Waals surface area (Å²) in [6, 6.07) is 8.50. The van der Waals surface area contributed by atoms with Gasteiger partial charge in [0.1, 0.15) is 11.6 Å². The second kappa shape index (κ2) is 5.96. The summed E-state index contributed by atoms with van der Waals surface area (Å²) in [5.41, 5.74) is 0.913. The highest BCUT2D eigenvalue weighted by atomic mass is 32.2. The molecule has 25 heavy (non-hydrogen) atoms. The quantitative estimate of drug-likeness (QED) is 0.837. The van der Waals surface area contributed by atoms with Crippen LogP contribution in [0, 0.1) is 11.6 Å². The number of hydrogen-bond donors (Lipinski definition) is 0. The summed E-state index contributed by atoms with van der Waals surface area (Å²) in [5, 5.41) is 0. The monoisotopic (exact) mass is 367 g/mol. The predicted molar refractivity (Wildman–Crippen MR) is 85.0 cm³/mol. The Morgan fingerprint density at radius 3 is 2.52 bits per heavy atom. The molecule has 0 N–H and O–H groups in total. The first-order valence-corrected chi connectivity index (χ1v) is 9.24. The molecule has 132 valence electrons. The first-order valence-electron chi connectivity index (χ1n) is 7.80. The van der Waals surface area contributed by atoms with Crippen LogP contribution >= 0.6 is 0 Å². The molecule has 1 saturated heterocycles. The zero-order valence-corrected chi connectivity index (χ0v) is 13.9. The summed E-state index contributed by atoms with van der Waals surface area (Å²) in [7, 11) is -4.23. The highest BCUT2D eigenvalue weighted by Crippen LogP contribution is 2.38. The third-order valence-electron chi connectivity index (χ3n) is 4.54. The van der Waals surface area contributed by atoms with E-state index in [1.165, 1.54) is 0 Å². The maximum absolute atomic E-state index is 13.9. The molecule has 0 amide bonds. The number of halogens is 2. The predicted octanol–water partition coefficient (Wildman–Crippen LogP) is 2.87. The van der Waals surface area contributed by atoms with Gasteiger partial charge in [0, 0.05) is 13.1 Å². The normalized spacial score (nSPS) is 20.2. The number of ether oxygens (including phenoxy) is 2. The van der Waals surface area contributed by atoms with Crippen molar-refractivity contribution in [3.05, 3.63) is 53.6 Å². The van der Waals surface area contributed by atoms with Crippen LogP contribution in [0.5, 0.6) is 11.5 Å². The van der Waals surface area contributed by atoms with Gasteiger partial charge in [-0.15, -0.1) is 0 Å². The maximum atomic E-state index is 13.9. The van der Waals surface area contributed by atoms with Crippen LogP contribution in [0.15, 0.2) is 41.3 Å². The third-order valence-corrected chi connectivity index (χ3v) is 6.45. The SMILES string of the molecule is O=S(=O)(c1c(F)cccc1F)N1CC[C@@H](c2ccc3c(c2)OCO3)C1. The Morgan fingerprint density at radius 2 is 1.76 bits per heavy atom. The van der Waals surface area contributed by atoms with E-state index >= 15 is 0 Å². The molecule has 0 aromatic heterocycles. The molecule has 0 bridgehead atoms. The van der Waals surface area contributed by atoms with Crippen LogP contribution in [0.1, 0.15) is 17.9 Å². The van der Waals surface area contributed by atoms with Gasteiger partial charge >= 0.3 is 0 Å². The second-order valence-electron chi connectivity index (χ2n) is 6.01. The zero-order valence-electron chi connectivity index (χ0n) is 13.1. The third kappa shape index (κ3) is 2.75. The molecule has 2 aliphatic rings. The average molecular weight is 367 g/mol. The van der Waals surface area contributed by atoms with Crippen LogP contribution in [0.3, 0.4) is 0 Å². The number of nitrogens with zero attached hydrogens (tertiary/aromatic N) is 1. The largest absolute Gasteiger partial charge is 0.454 e. The molecule has 2 aromatic rings. The number of hydrogen-bond acceptors (Lipinski definition) is 4. The fraction of sp³-hybridized carbons (Fsp3) is 0.294. The molecular weight excluding hydrogens is 352 g/mol. The highest BCUT2D eigenvalue weighted by molar-refractivity contribution is 7.89. The Kier molecular flexibility index (Phi) is 3.88. The molecule has 8 heteroatoms. The van der Waals surface area contributed by atoms with E-state index in [1.54, 1.807) is 6.07 Å². The summed E-state index contributed by atoms with van der Waals surface area (Å²) in [5.74, 6) is -0.948. The Bertz CT molecular complexity index is 912. The molecule has 0 unspecified atom stereocenters. The Balaban J connectivity index is 1.60. The van der Waals surface area contributed by atoms with Crippen LogP contribution < -0.4 is 9.47 Å². The van der Waals surface area contributed by atoms with Crippen molar-refractivity contribution in [2.45, 2.75) is 17.2 Å². The van der Waals surface area contributed by atoms with Crippen molar-refractivity contribution in [1.82, 2.24) is 4.31 Å². The molecule has 0 spiro atoms. The highest BCUT2D eigenvalue weighted by Gasteiger charge is 2.36. The van der Waals surface area contributed by atoms with Gasteiger partial charge in [-0.2, -0.15) is 4.31 Å². The van der Waals surface area contributed by atoms with Gasteiger partial charge in [-0.25, -0.2) is 17.2 Å². The molecule has 2 heterocycles. The van der Waals surface area contributed by atoms with Gasteiger partial charge in [0.15, 0.2) is 16.4 Å². The van der Waals surface area contributed by atoms with E-state index in [4.69, 9.17) is 9.47 Å². The lowest BCUT2D eigenvalue weighted by molar-refractivity contribution is 0.174. The van der Waals surface area contributed by atoms with Crippen LogP contribution in [-0.2, 0) is 10.0 Å². The molecule has 5 nitrogen and oxygen atoms in total.